The first-order chi connectivity index (χ1) is 10.4. The van der Waals surface area contributed by atoms with Crippen molar-refractivity contribution in [2.75, 3.05) is 0 Å². The zero-order chi connectivity index (χ0) is 15.7. The van der Waals surface area contributed by atoms with Crippen LogP contribution in [0.5, 0.6) is 11.5 Å². The van der Waals surface area contributed by atoms with Gasteiger partial charge in [0.05, 0.1) is 11.8 Å². The lowest BCUT2D eigenvalue weighted by Gasteiger charge is -2.11. The molecule has 6 heteroatoms. The Morgan fingerprint density at radius 3 is 2.18 bits per heavy atom. The van der Waals surface area contributed by atoms with Gasteiger partial charge in [-0.15, -0.1) is 0 Å². The molecule has 3 aromatic rings. The lowest BCUT2D eigenvalue weighted by Crippen LogP contribution is -2.04. The maximum absolute atomic E-state index is 12.5. The fraction of sp³-hybridized carbons (Fsp3) is 0.0625. The van der Waals surface area contributed by atoms with Gasteiger partial charge in [-0.05, 0) is 40.2 Å². The molecule has 0 aliphatic rings. The highest BCUT2D eigenvalue weighted by molar-refractivity contribution is 9.10. The summed E-state index contributed by atoms with van der Waals surface area (Å²) in [7, 11) is 0. The van der Waals surface area contributed by atoms with Gasteiger partial charge in [0.1, 0.15) is 10.4 Å². The standard InChI is InChI=1S/C16H9BrF3NO/c17-15-13-4-2-1-3-12(13)14(9-21-15)22-11-7-5-10(6-8-11)16(18,19)20/h1-9H. The third kappa shape index (κ3) is 2.92. The number of halogens is 4. The number of ether oxygens (including phenoxy) is 1. The summed E-state index contributed by atoms with van der Waals surface area (Å²) < 4.78 is 44.0. The quantitative estimate of drug-likeness (QED) is 0.533. The molecule has 0 bridgehead atoms. The van der Waals surface area contributed by atoms with Gasteiger partial charge >= 0.3 is 6.18 Å². The largest absolute Gasteiger partial charge is 0.455 e. The molecule has 0 fully saturated rings. The summed E-state index contributed by atoms with van der Waals surface area (Å²) in [5.41, 5.74) is -0.710. The lowest BCUT2D eigenvalue weighted by atomic mass is 10.1. The normalized spacial score (nSPS) is 11.6. The molecule has 0 atom stereocenters. The average Bonchev–Trinajstić information content (AvgIpc) is 2.50. The number of alkyl halides is 3. The first-order valence-corrected chi connectivity index (χ1v) is 7.13. The summed E-state index contributed by atoms with van der Waals surface area (Å²) in [6, 6.07) is 12.0. The lowest BCUT2D eigenvalue weighted by molar-refractivity contribution is -0.137. The fourth-order valence-electron chi connectivity index (χ4n) is 2.05. The maximum atomic E-state index is 12.5. The summed E-state index contributed by atoms with van der Waals surface area (Å²) in [6.07, 6.45) is -2.82. The van der Waals surface area contributed by atoms with Crippen molar-refractivity contribution >= 4 is 26.7 Å². The van der Waals surface area contributed by atoms with Crippen LogP contribution in [0.3, 0.4) is 0 Å². The zero-order valence-electron chi connectivity index (χ0n) is 11.1. The van der Waals surface area contributed by atoms with Crippen LogP contribution < -0.4 is 4.74 Å². The Balaban J connectivity index is 1.95. The second-order valence-electron chi connectivity index (χ2n) is 4.58. The molecule has 0 unspecified atom stereocenters. The van der Waals surface area contributed by atoms with Crippen molar-refractivity contribution in [1.29, 1.82) is 0 Å². The molecule has 0 aliphatic heterocycles. The maximum Gasteiger partial charge on any atom is 0.416 e. The summed E-state index contributed by atoms with van der Waals surface area (Å²) in [5.74, 6) is 0.806. The molecule has 1 aromatic heterocycles. The molecule has 2 aromatic carbocycles. The Labute approximate surface area is 132 Å². The van der Waals surface area contributed by atoms with E-state index in [0.717, 1.165) is 22.9 Å². The van der Waals surface area contributed by atoms with Gasteiger partial charge in [0.25, 0.3) is 0 Å². The first kappa shape index (κ1) is 14.8. The smallest absolute Gasteiger partial charge is 0.416 e. The van der Waals surface area contributed by atoms with Crippen LogP contribution in [-0.4, -0.2) is 4.98 Å². The monoisotopic (exact) mass is 367 g/mol. The van der Waals surface area contributed by atoms with Crippen LogP contribution in [0.4, 0.5) is 13.2 Å². The topological polar surface area (TPSA) is 22.1 Å². The number of aromatic nitrogens is 1. The summed E-state index contributed by atoms with van der Waals surface area (Å²) in [5, 5.41) is 1.69. The average molecular weight is 368 g/mol. The molecule has 112 valence electrons. The van der Waals surface area contributed by atoms with Crippen LogP contribution in [0.15, 0.2) is 59.3 Å². The van der Waals surface area contributed by atoms with Gasteiger partial charge < -0.3 is 4.74 Å². The molecule has 3 rings (SSSR count). The Morgan fingerprint density at radius 2 is 1.55 bits per heavy atom. The molecule has 22 heavy (non-hydrogen) atoms. The number of nitrogens with zero attached hydrogens (tertiary/aromatic N) is 1. The van der Waals surface area contributed by atoms with Gasteiger partial charge in [-0.3, -0.25) is 0 Å². The van der Waals surface area contributed by atoms with E-state index in [0.29, 0.717) is 16.1 Å². The van der Waals surface area contributed by atoms with E-state index >= 15 is 0 Å². The number of pyridine rings is 1. The first-order valence-electron chi connectivity index (χ1n) is 6.33. The van der Waals surface area contributed by atoms with Crippen molar-refractivity contribution in [3.63, 3.8) is 0 Å². The van der Waals surface area contributed by atoms with Gasteiger partial charge in [0.2, 0.25) is 0 Å². The van der Waals surface area contributed by atoms with E-state index in [4.69, 9.17) is 4.74 Å². The SMILES string of the molecule is FC(F)(F)c1ccc(Oc2cnc(Br)c3ccccc23)cc1. The number of benzene rings is 2. The molecular formula is C16H9BrF3NO. The Hall–Kier alpha value is -2.08. The van der Waals surface area contributed by atoms with Crippen molar-refractivity contribution in [1.82, 2.24) is 4.98 Å². The molecule has 0 saturated heterocycles. The van der Waals surface area contributed by atoms with Crippen LogP contribution in [-0.2, 0) is 6.18 Å². The van der Waals surface area contributed by atoms with E-state index in [1.54, 1.807) is 0 Å². The van der Waals surface area contributed by atoms with E-state index in [-0.39, 0.29) is 0 Å². The summed E-state index contributed by atoms with van der Waals surface area (Å²) >= 11 is 3.36. The zero-order valence-corrected chi connectivity index (χ0v) is 12.6. The predicted octanol–water partition coefficient (Wildman–Crippen LogP) is 5.81. The Morgan fingerprint density at radius 1 is 0.909 bits per heavy atom. The van der Waals surface area contributed by atoms with Crippen molar-refractivity contribution in [2.24, 2.45) is 0 Å². The third-order valence-corrected chi connectivity index (χ3v) is 3.75. The van der Waals surface area contributed by atoms with E-state index in [1.807, 2.05) is 24.3 Å². The highest BCUT2D eigenvalue weighted by Gasteiger charge is 2.30. The number of hydrogen-bond acceptors (Lipinski definition) is 2. The highest BCUT2D eigenvalue weighted by Crippen LogP contribution is 2.34. The van der Waals surface area contributed by atoms with E-state index in [9.17, 15) is 13.2 Å². The Bertz CT molecular complexity index is 816. The van der Waals surface area contributed by atoms with Gasteiger partial charge in [-0.25, -0.2) is 4.98 Å². The van der Waals surface area contributed by atoms with Crippen molar-refractivity contribution in [3.05, 3.63) is 64.9 Å². The molecule has 0 saturated carbocycles. The van der Waals surface area contributed by atoms with Gasteiger partial charge in [-0.1, -0.05) is 24.3 Å². The minimum absolute atomic E-state index is 0.322. The molecule has 0 radical (unpaired) electrons. The molecule has 0 N–H and O–H groups in total. The number of rotatable bonds is 2. The predicted molar refractivity (Wildman–Crippen MR) is 81.0 cm³/mol. The van der Waals surface area contributed by atoms with E-state index < -0.39 is 11.7 Å². The highest BCUT2D eigenvalue weighted by atomic mass is 79.9. The molecule has 0 amide bonds. The number of fused-ring (bicyclic) bond motifs is 1. The van der Waals surface area contributed by atoms with E-state index in [1.165, 1.54) is 18.3 Å². The summed E-state index contributed by atoms with van der Waals surface area (Å²) in [4.78, 5) is 4.17. The number of hydrogen-bond donors (Lipinski definition) is 0. The summed E-state index contributed by atoms with van der Waals surface area (Å²) in [6.45, 7) is 0. The van der Waals surface area contributed by atoms with Gasteiger partial charge in [-0.2, -0.15) is 13.2 Å². The van der Waals surface area contributed by atoms with Crippen LogP contribution >= 0.6 is 15.9 Å². The minimum atomic E-state index is -4.36. The van der Waals surface area contributed by atoms with Crippen LogP contribution in [0.25, 0.3) is 10.8 Å². The molecule has 1 heterocycles. The molecule has 2 nitrogen and oxygen atoms in total. The van der Waals surface area contributed by atoms with Crippen LogP contribution in [0, 0.1) is 0 Å². The van der Waals surface area contributed by atoms with Crippen molar-refractivity contribution in [2.45, 2.75) is 6.18 Å². The second kappa shape index (κ2) is 5.61. The fourth-order valence-corrected chi connectivity index (χ4v) is 2.50. The van der Waals surface area contributed by atoms with Crippen LogP contribution in [0.2, 0.25) is 0 Å². The third-order valence-electron chi connectivity index (χ3n) is 3.12. The van der Waals surface area contributed by atoms with Crippen LogP contribution in [0.1, 0.15) is 5.56 Å². The van der Waals surface area contributed by atoms with Gasteiger partial charge in [0, 0.05) is 10.8 Å². The minimum Gasteiger partial charge on any atom is -0.455 e. The van der Waals surface area contributed by atoms with Gasteiger partial charge in [0.15, 0.2) is 5.75 Å². The molecule has 0 spiro atoms. The Kier molecular flexibility index (Phi) is 3.78. The second-order valence-corrected chi connectivity index (χ2v) is 5.33. The van der Waals surface area contributed by atoms with E-state index in [2.05, 4.69) is 20.9 Å². The van der Waals surface area contributed by atoms with Crippen molar-refractivity contribution in [3.8, 4) is 11.5 Å². The molecule has 0 aliphatic carbocycles. The van der Waals surface area contributed by atoms with Crippen molar-refractivity contribution < 1.29 is 17.9 Å². The molecular weight excluding hydrogens is 359 g/mol.